The third-order valence-corrected chi connectivity index (χ3v) is 5.36. The van der Waals surface area contributed by atoms with Crippen molar-refractivity contribution < 1.29 is 4.79 Å². The van der Waals surface area contributed by atoms with Crippen molar-refractivity contribution >= 4 is 34.4 Å². The minimum Gasteiger partial charge on any atom is -0.307 e. The number of para-hydroxylation sites is 1. The molecule has 1 aromatic carbocycles. The molecule has 0 N–H and O–H groups in total. The van der Waals surface area contributed by atoms with E-state index in [0.717, 1.165) is 22.2 Å². The zero-order chi connectivity index (χ0) is 19.5. The van der Waals surface area contributed by atoms with Crippen LogP contribution in [0.15, 0.2) is 33.9 Å². The van der Waals surface area contributed by atoms with E-state index in [1.165, 1.54) is 23.2 Å². The van der Waals surface area contributed by atoms with Gasteiger partial charge in [0.2, 0.25) is 11.2 Å². The Kier molecular flexibility index (Phi) is 3.96. The van der Waals surface area contributed by atoms with Crippen LogP contribution in [0.25, 0.3) is 11.2 Å². The molecule has 0 saturated heterocycles. The molecular weight excluding hydrogens is 370 g/mol. The van der Waals surface area contributed by atoms with E-state index >= 15 is 0 Å². The number of benzene rings is 1. The summed E-state index contributed by atoms with van der Waals surface area (Å²) in [4.78, 5) is 43.6. The molecule has 0 saturated carbocycles. The lowest BCUT2D eigenvalue weighted by molar-refractivity contribution is -0.119. The fraction of sp³-hybridized carbons (Fsp3) is 0.333. The van der Waals surface area contributed by atoms with Gasteiger partial charge in [-0.2, -0.15) is 4.98 Å². The normalized spacial score (nSPS) is 16.1. The summed E-state index contributed by atoms with van der Waals surface area (Å²) in [7, 11) is 2.90. The first kappa shape index (κ1) is 17.5. The predicted octanol–water partition coefficient (Wildman–Crippen LogP) is 1.06. The minimum absolute atomic E-state index is 0.00298. The molecule has 0 fully saturated rings. The van der Waals surface area contributed by atoms with Gasteiger partial charge < -0.3 is 4.90 Å². The number of carbonyl (C=O) groups excluding carboxylic acids is 1. The van der Waals surface area contributed by atoms with Gasteiger partial charge in [-0.3, -0.25) is 23.3 Å². The highest BCUT2D eigenvalue weighted by molar-refractivity contribution is 6.29. The molecular formula is C18H18ClN5O3. The Balaban J connectivity index is 1.81. The molecule has 1 amide bonds. The van der Waals surface area contributed by atoms with Crippen LogP contribution in [0.2, 0.25) is 5.28 Å². The van der Waals surface area contributed by atoms with Gasteiger partial charge in [0.15, 0.2) is 11.2 Å². The van der Waals surface area contributed by atoms with Gasteiger partial charge in [-0.25, -0.2) is 4.79 Å². The molecule has 0 aliphatic carbocycles. The van der Waals surface area contributed by atoms with Crippen molar-refractivity contribution in [3.8, 4) is 0 Å². The van der Waals surface area contributed by atoms with Crippen molar-refractivity contribution in [3.05, 3.63) is 56.0 Å². The fourth-order valence-corrected chi connectivity index (χ4v) is 3.95. The largest absolute Gasteiger partial charge is 0.332 e. The minimum atomic E-state index is -0.532. The summed E-state index contributed by atoms with van der Waals surface area (Å²) >= 11 is 6.22. The fourth-order valence-electron chi connectivity index (χ4n) is 3.72. The Morgan fingerprint density at radius 1 is 1.22 bits per heavy atom. The topological polar surface area (TPSA) is 82.1 Å². The van der Waals surface area contributed by atoms with Gasteiger partial charge >= 0.3 is 5.69 Å². The maximum absolute atomic E-state index is 13.1. The molecule has 2 aromatic heterocycles. The number of aromatic nitrogens is 4. The number of rotatable bonds is 2. The van der Waals surface area contributed by atoms with Crippen molar-refractivity contribution in [2.45, 2.75) is 25.9 Å². The molecule has 0 radical (unpaired) electrons. The number of fused-ring (bicyclic) bond motifs is 2. The first-order chi connectivity index (χ1) is 12.8. The van der Waals surface area contributed by atoms with Gasteiger partial charge in [0.1, 0.15) is 6.54 Å². The lowest BCUT2D eigenvalue weighted by Gasteiger charge is -2.23. The monoisotopic (exact) mass is 387 g/mol. The third-order valence-electron chi connectivity index (χ3n) is 5.07. The smallest absolute Gasteiger partial charge is 0.307 e. The van der Waals surface area contributed by atoms with Gasteiger partial charge in [0, 0.05) is 25.8 Å². The zero-order valence-corrected chi connectivity index (χ0v) is 15.9. The summed E-state index contributed by atoms with van der Waals surface area (Å²) in [6.45, 7) is 1.84. The van der Waals surface area contributed by atoms with Crippen LogP contribution in [0.3, 0.4) is 0 Å². The lowest BCUT2D eigenvalue weighted by Crippen LogP contribution is -2.40. The predicted molar refractivity (Wildman–Crippen MR) is 102 cm³/mol. The summed E-state index contributed by atoms with van der Waals surface area (Å²) < 4.78 is 3.60. The Morgan fingerprint density at radius 3 is 2.67 bits per heavy atom. The summed E-state index contributed by atoms with van der Waals surface area (Å²) in [5, 5.41) is -0.00298. The maximum atomic E-state index is 13.1. The number of carbonyl (C=O) groups is 1. The highest BCUT2D eigenvalue weighted by atomic mass is 35.5. The van der Waals surface area contributed by atoms with Crippen LogP contribution in [-0.4, -0.2) is 30.6 Å². The first-order valence-corrected chi connectivity index (χ1v) is 8.90. The molecule has 1 aliphatic heterocycles. The number of anilines is 1. The molecule has 0 unspecified atom stereocenters. The van der Waals surface area contributed by atoms with Crippen molar-refractivity contribution in [1.82, 2.24) is 18.7 Å². The van der Waals surface area contributed by atoms with Gasteiger partial charge in [0.25, 0.3) is 5.56 Å². The van der Waals surface area contributed by atoms with E-state index in [-0.39, 0.29) is 34.9 Å². The summed E-state index contributed by atoms with van der Waals surface area (Å²) in [6, 6.07) is 7.76. The molecule has 4 rings (SSSR count). The van der Waals surface area contributed by atoms with E-state index in [2.05, 4.69) is 4.98 Å². The average Bonchev–Trinajstić information content (AvgIpc) is 3.14. The molecule has 9 heteroatoms. The van der Waals surface area contributed by atoms with Crippen molar-refractivity contribution in [2.24, 2.45) is 14.1 Å². The highest BCUT2D eigenvalue weighted by Crippen LogP contribution is 2.32. The van der Waals surface area contributed by atoms with Crippen LogP contribution >= 0.6 is 11.6 Å². The quantitative estimate of drug-likeness (QED) is 0.616. The molecule has 8 nitrogen and oxygen atoms in total. The standard InChI is InChI=1S/C18H18ClN5O3/c1-10-8-11-6-4-5-7-12(11)24(10)13(25)9-23-14-15(20-17(23)19)21(2)18(27)22(3)16(14)26/h4-7,10H,8-9H2,1-3H3/t10-/m0/s1. The number of hydrogen-bond acceptors (Lipinski definition) is 4. The number of halogens is 1. The molecule has 140 valence electrons. The van der Waals surface area contributed by atoms with E-state index < -0.39 is 11.2 Å². The van der Waals surface area contributed by atoms with Crippen LogP contribution in [0.5, 0.6) is 0 Å². The molecule has 0 bridgehead atoms. The first-order valence-electron chi connectivity index (χ1n) is 8.53. The lowest BCUT2D eigenvalue weighted by atomic mass is 10.1. The number of aryl methyl sites for hydroxylation is 1. The third kappa shape index (κ3) is 2.51. The van der Waals surface area contributed by atoms with Gasteiger partial charge in [-0.1, -0.05) is 18.2 Å². The van der Waals surface area contributed by atoms with Gasteiger partial charge in [-0.05, 0) is 36.6 Å². The van der Waals surface area contributed by atoms with E-state index in [1.54, 1.807) is 4.90 Å². The Hall–Kier alpha value is -2.87. The van der Waals surface area contributed by atoms with Gasteiger partial charge in [-0.15, -0.1) is 0 Å². The summed E-state index contributed by atoms with van der Waals surface area (Å²) in [6.07, 6.45) is 0.774. The molecule has 27 heavy (non-hydrogen) atoms. The summed E-state index contributed by atoms with van der Waals surface area (Å²) in [5.41, 5.74) is 1.25. The van der Waals surface area contributed by atoms with Crippen molar-refractivity contribution in [2.75, 3.05) is 4.90 Å². The Bertz CT molecular complexity index is 1210. The van der Waals surface area contributed by atoms with E-state index in [0.29, 0.717) is 0 Å². The Labute approximate surface area is 159 Å². The van der Waals surface area contributed by atoms with Crippen LogP contribution < -0.4 is 16.1 Å². The van der Waals surface area contributed by atoms with E-state index in [9.17, 15) is 14.4 Å². The van der Waals surface area contributed by atoms with Crippen molar-refractivity contribution in [3.63, 3.8) is 0 Å². The Morgan fingerprint density at radius 2 is 1.93 bits per heavy atom. The van der Waals surface area contributed by atoms with Crippen LogP contribution in [0.1, 0.15) is 12.5 Å². The van der Waals surface area contributed by atoms with Crippen LogP contribution in [0.4, 0.5) is 5.69 Å². The number of imidazole rings is 1. The molecule has 1 atom stereocenters. The van der Waals surface area contributed by atoms with E-state index in [1.807, 2.05) is 31.2 Å². The summed E-state index contributed by atoms with van der Waals surface area (Å²) in [5.74, 6) is -0.190. The molecule has 3 aromatic rings. The zero-order valence-electron chi connectivity index (χ0n) is 15.1. The number of amides is 1. The van der Waals surface area contributed by atoms with Gasteiger partial charge in [0.05, 0.1) is 0 Å². The van der Waals surface area contributed by atoms with E-state index in [4.69, 9.17) is 11.6 Å². The molecule has 1 aliphatic rings. The van der Waals surface area contributed by atoms with Crippen LogP contribution in [-0.2, 0) is 31.9 Å². The maximum Gasteiger partial charge on any atom is 0.332 e. The SMILES string of the molecule is C[C@H]1Cc2ccccc2N1C(=O)Cn1c(Cl)nc2c1c(=O)n(C)c(=O)n2C. The van der Waals surface area contributed by atoms with Crippen molar-refractivity contribution in [1.29, 1.82) is 0 Å². The second-order valence-electron chi connectivity index (χ2n) is 6.79. The second kappa shape index (κ2) is 6.09. The van der Waals surface area contributed by atoms with Crippen LogP contribution in [0, 0.1) is 0 Å². The second-order valence-corrected chi connectivity index (χ2v) is 7.13. The number of nitrogens with zero attached hydrogens (tertiary/aromatic N) is 5. The molecule has 0 spiro atoms. The molecule has 3 heterocycles. The average molecular weight is 388 g/mol. The number of hydrogen-bond donors (Lipinski definition) is 0. The highest BCUT2D eigenvalue weighted by Gasteiger charge is 2.31.